The normalized spacial score (nSPS) is 14.4. The average molecular weight is 284 g/mol. The Morgan fingerprint density at radius 1 is 1.47 bits per heavy atom. The predicted molar refractivity (Wildman–Crippen MR) is 71.1 cm³/mol. The lowest BCUT2D eigenvalue weighted by Crippen LogP contribution is -2.33. The van der Waals surface area contributed by atoms with Gasteiger partial charge in [-0.1, -0.05) is 30.1 Å². The highest BCUT2D eigenvalue weighted by Crippen LogP contribution is 2.29. The van der Waals surface area contributed by atoms with Gasteiger partial charge in [-0.05, 0) is 31.5 Å². The zero-order valence-corrected chi connectivity index (χ0v) is 11.5. The monoisotopic (exact) mass is 283 g/mol. The first-order valence-corrected chi connectivity index (χ1v) is 6.40. The summed E-state index contributed by atoms with van der Waals surface area (Å²) in [5, 5.41) is 4.09. The van der Waals surface area contributed by atoms with Crippen molar-refractivity contribution in [2.45, 2.75) is 32.2 Å². The van der Waals surface area contributed by atoms with Gasteiger partial charge in [0.2, 0.25) is 11.7 Å². The van der Waals surface area contributed by atoms with Gasteiger partial charge in [0, 0.05) is 5.56 Å². The second kappa shape index (κ2) is 5.27. The van der Waals surface area contributed by atoms with Crippen LogP contribution in [-0.2, 0) is 5.54 Å². The largest absolute Gasteiger partial charge is 0.337 e. The molecule has 0 spiro atoms. The van der Waals surface area contributed by atoms with Crippen LogP contribution in [0.4, 0.5) is 4.39 Å². The summed E-state index contributed by atoms with van der Waals surface area (Å²) in [6.07, 6.45) is 1.63. The minimum atomic E-state index is -0.674. The Morgan fingerprint density at radius 2 is 2.21 bits per heavy atom. The average Bonchev–Trinajstić information content (AvgIpc) is 2.78. The van der Waals surface area contributed by atoms with Gasteiger partial charge in [-0.2, -0.15) is 4.98 Å². The molecule has 19 heavy (non-hydrogen) atoms. The van der Waals surface area contributed by atoms with Crippen molar-refractivity contribution in [1.29, 1.82) is 0 Å². The standard InChI is InChI=1S/C13H15ClFN3O/c1-3-6-13(2,16)12-17-11(18-19-12)9-5-4-8(15)7-10(9)14/h4-5,7H,3,6,16H2,1-2H3. The van der Waals surface area contributed by atoms with E-state index in [9.17, 15) is 4.39 Å². The summed E-state index contributed by atoms with van der Waals surface area (Å²) >= 11 is 5.96. The summed E-state index contributed by atoms with van der Waals surface area (Å²) in [6.45, 7) is 3.86. The summed E-state index contributed by atoms with van der Waals surface area (Å²) in [5.74, 6) is 0.254. The third kappa shape index (κ3) is 2.93. The Kier molecular flexibility index (Phi) is 3.87. The quantitative estimate of drug-likeness (QED) is 0.932. The van der Waals surface area contributed by atoms with Crippen LogP contribution < -0.4 is 5.73 Å². The molecule has 1 aromatic carbocycles. The zero-order chi connectivity index (χ0) is 14.0. The van der Waals surface area contributed by atoms with Gasteiger partial charge < -0.3 is 10.3 Å². The van der Waals surface area contributed by atoms with Gasteiger partial charge in [0.15, 0.2) is 0 Å². The first-order chi connectivity index (χ1) is 8.94. The lowest BCUT2D eigenvalue weighted by Gasteiger charge is -2.18. The fraction of sp³-hybridized carbons (Fsp3) is 0.385. The second-order valence-electron chi connectivity index (χ2n) is 4.71. The van der Waals surface area contributed by atoms with E-state index in [-0.39, 0.29) is 5.02 Å². The highest BCUT2D eigenvalue weighted by Gasteiger charge is 2.27. The minimum absolute atomic E-state index is 0.238. The van der Waals surface area contributed by atoms with E-state index in [1.54, 1.807) is 0 Å². The number of nitrogens with zero attached hydrogens (tertiary/aromatic N) is 2. The van der Waals surface area contributed by atoms with Gasteiger partial charge in [-0.15, -0.1) is 0 Å². The fourth-order valence-corrected chi connectivity index (χ4v) is 2.11. The number of hydrogen-bond acceptors (Lipinski definition) is 4. The molecule has 2 N–H and O–H groups in total. The first kappa shape index (κ1) is 14.0. The van der Waals surface area contributed by atoms with Crippen molar-refractivity contribution in [2.24, 2.45) is 5.73 Å². The lowest BCUT2D eigenvalue weighted by atomic mass is 9.98. The summed E-state index contributed by atoms with van der Waals surface area (Å²) in [4.78, 5) is 4.25. The number of aromatic nitrogens is 2. The molecule has 4 nitrogen and oxygen atoms in total. The number of halogens is 2. The molecule has 0 aliphatic heterocycles. The van der Waals surface area contributed by atoms with Gasteiger partial charge in [-0.25, -0.2) is 4.39 Å². The minimum Gasteiger partial charge on any atom is -0.337 e. The third-order valence-corrected chi connectivity index (χ3v) is 3.17. The van der Waals surface area contributed by atoms with Crippen LogP contribution in [0.15, 0.2) is 22.7 Å². The van der Waals surface area contributed by atoms with Crippen LogP contribution >= 0.6 is 11.6 Å². The van der Waals surface area contributed by atoms with E-state index in [0.717, 1.165) is 12.8 Å². The van der Waals surface area contributed by atoms with Crippen LogP contribution in [0.3, 0.4) is 0 Å². The molecule has 1 aromatic heterocycles. The molecule has 1 unspecified atom stereocenters. The van der Waals surface area contributed by atoms with E-state index < -0.39 is 11.4 Å². The molecule has 0 aliphatic carbocycles. The van der Waals surface area contributed by atoms with Crippen molar-refractivity contribution in [3.63, 3.8) is 0 Å². The molecule has 0 bridgehead atoms. The van der Waals surface area contributed by atoms with Crippen LogP contribution in [0, 0.1) is 5.82 Å². The summed E-state index contributed by atoms with van der Waals surface area (Å²) in [6, 6.07) is 4.02. The first-order valence-electron chi connectivity index (χ1n) is 6.02. The maximum absolute atomic E-state index is 13.0. The van der Waals surface area contributed by atoms with Crippen LogP contribution in [0.25, 0.3) is 11.4 Å². The number of hydrogen-bond donors (Lipinski definition) is 1. The van der Waals surface area contributed by atoms with Gasteiger partial charge in [0.05, 0.1) is 10.6 Å². The Hall–Kier alpha value is -1.46. The van der Waals surface area contributed by atoms with Crippen LogP contribution in [-0.4, -0.2) is 10.1 Å². The maximum Gasteiger partial charge on any atom is 0.246 e. The van der Waals surface area contributed by atoms with Gasteiger partial charge in [0.1, 0.15) is 5.82 Å². The number of benzene rings is 1. The van der Waals surface area contributed by atoms with Crippen molar-refractivity contribution in [3.8, 4) is 11.4 Å². The van der Waals surface area contributed by atoms with Crippen LogP contribution in [0.2, 0.25) is 5.02 Å². The van der Waals surface area contributed by atoms with Crippen molar-refractivity contribution < 1.29 is 8.91 Å². The molecule has 0 radical (unpaired) electrons. The molecule has 6 heteroatoms. The maximum atomic E-state index is 13.0. The van der Waals surface area contributed by atoms with Gasteiger partial charge in [-0.3, -0.25) is 0 Å². The van der Waals surface area contributed by atoms with E-state index >= 15 is 0 Å². The van der Waals surface area contributed by atoms with Crippen molar-refractivity contribution >= 4 is 11.6 Å². The zero-order valence-electron chi connectivity index (χ0n) is 10.8. The lowest BCUT2D eigenvalue weighted by molar-refractivity contribution is 0.284. The molecule has 0 aliphatic rings. The van der Waals surface area contributed by atoms with Gasteiger partial charge in [0.25, 0.3) is 0 Å². The van der Waals surface area contributed by atoms with Crippen molar-refractivity contribution in [1.82, 2.24) is 10.1 Å². The van der Waals surface area contributed by atoms with Crippen molar-refractivity contribution in [3.05, 3.63) is 34.9 Å². The molecule has 2 rings (SSSR count). The SMILES string of the molecule is CCCC(C)(N)c1nc(-c2ccc(F)cc2Cl)no1. The topological polar surface area (TPSA) is 64.9 Å². The Balaban J connectivity index is 2.35. The molecule has 0 saturated heterocycles. The molecule has 102 valence electrons. The second-order valence-corrected chi connectivity index (χ2v) is 5.12. The van der Waals surface area contributed by atoms with E-state index in [0.29, 0.717) is 17.3 Å². The van der Waals surface area contributed by atoms with Crippen LogP contribution in [0.5, 0.6) is 0 Å². The molecular formula is C13H15ClFN3O. The Labute approximate surface area is 115 Å². The summed E-state index contributed by atoms with van der Waals surface area (Å²) in [7, 11) is 0. The van der Waals surface area contributed by atoms with E-state index in [2.05, 4.69) is 10.1 Å². The highest BCUT2D eigenvalue weighted by atomic mass is 35.5. The number of rotatable bonds is 4. The fourth-order valence-electron chi connectivity index (χ4n) is 1.86. The molecule has 1 heterocycles. The van der Waals surface area contributed by atoms with Crippen LogP contribution in [0.1, 0.15) is 32.6 Å². The highest BCUT2D eigenvalue weighted by molar-refractivity contribution is 6.33. The third-order valence-electron chi connectivity index (χ3n) is 2.86. The van der Waals surface area contributed by atoms with Gasteiger partial charge >= 0.3 is 0 Å². The smallest absolute Gasteiger partial charge is 0.246 e. The van der Waals surface area contributed by atoms with E-state index in [1.165, 1.54) is 18.2 Å². The Bertz CT molecular complexity index is 583. The predicted octanol–water partition coefficient (Wildman–Crippen LogP) is 3.50. The van der Waals surface area contributed by atoms with E-state index in [1.807, 2.05) is 13.8 Å². The molecule has 0 fully saturated rings. The molecule has 0 amide bonds. The molecule has 1 atom stereocenters. The summed E-state index contributed by atoms with van der Waals surface area (Å²) in [5.41, 5.74) is 5.96. The Morgan fingerprint density at radius 3 is 2.84 bits per heavy atom. The van der Waals surface area contributed by atoms with Crippen molar-refractivity contribution in [2.75, 3.05) is 0 Å². The van der Waals surface area contributed by atoms with E-state index in [4.69, 9.17) is 21.9 Å². The summed E-state index contributed by atoms with van der Waals surface area (Å²) < 4.78 is 18.2. The molecular weight excluding hydrogens is 269 g/mol. The number of nitrogens with two attached hydrogens (primary N) is 1. The molecule has 2 aromatic rings. The molecule has 0 saturated carbocycles.